The Morgan fingerprint density at radius 2 is 1.97 bits per heavy atom. The highest BCUT2D eigenvalue weighted by Gasteiger charge is 2.22. The zero-order valence-corrected chi connectivity index (χ0v) is 21.4. The fraction of sp³-hybridized carbons (Fsp3) is 0.320. The summed E-state index contributed by atoms with van der Waals surface area (Å²) in [6, 6.07) is 9.84. The fourth-order valence-corrected chi connectivity index (χ4v) is 5.55. The van der Waals surface area contributed by atoms with Crippen LogP contribution in [-0.2, 0) is 24.5 Å². The molecule has 3 N–H and O–H groups in total. The third kappa shape index (κ3) is 5.01. The number of fused-ring (bicyclic) bond motifs is 3. The number of nitrogen functional groups attached to an aromatic ring is 1. The second-order valence-corrected chi connectivity index (χ2v) is 10.7. The number of pyridine rings is 1. The lowest BCUT2D eigenvalue weighted by Crippen LogP contribution is -2.27. The molecule has 0 spiro atoms. The fourth-order valence-electron chi connectivity index (χ4n) is 3.93. The van der Waals surface area contributed by atoms with Crippen LogP contribution in [0, 0.1) is 0 Å². The molecule has 1 aromatic carbocycles. The standard InChI is InChI=1S/C25H27N5O3S2/c1-4-32-12-20-29-21-22(30(20)14-25(2,3)31)17-8-7-16(10-18(17)28-23(21)26)33-11-15-13-35-24(27-15)19-6-5-9-34-19/h5-10,13,31H,4,11-12,14H2,1-3H3,(H2,26,28). The first-order valence-corrected chi connectivity index (χ1v) is 13.1. The maximum Gasteiger partial charge on any atom is 0.152 e. The van der Waals surface area contributed by atoms with Crippen LogP contribution in [0.2, 0.25) is 0 Å². The van der Waals surface area contributed by atoms with Crippen LogP contribution in [0.5, 0.6) is 5.75 Å². The molecule has 0 bridgehead atoms. The molecule has 0 atom stereocenters. The first-order chi connectivity index (χ1) is 16.8. The number of nitrogens with zero attached hydrogens (tertiary/aromatic N) is 4. The number of nitrogens with two attached hydrogens (primary N) is 1. The zero-order valence-electron chi connectivity index (χ0n) is 19.8. The molecule has 5 rings (SSSR count). The third-order valence-corrected chi connectivity index (χ3v) is 7.34. The lowest BCUT2D eigenvalue weighted by molar-refractivity contribution is 0.0582. The van der Waals surface area contributed by atoms with Crippen LogP contribution in [0.4, 0.5) is 5.82 Å². The molecule has 4 heterocycles. The van der Waals surface area contributed by atoms with Gasteiger partial charge in [0.25, 0.3) is 0 Å². The second-order valence-electron chi connectivity index (χ2n) is 8.85. The van der Waals surface area contributed by atoms with E-state index in [1.54, 1.807) is 36.5 Å². The second kappa shape index (κ2) is 9.54. The van der Waals surface area contributed by atoms with Gasteiger partial charge >= 0.3 is 0 Å². The molecule has 5 aromatic rings. The minimum Gasteiger partial charge on any atom is -0.487 e. The third-order valence-electron chi connectivity index (χ3n) is 5.41. The number of aromatic nitrogens is 4. The molecule has 0 saturated carbocycles. The smallest absolute Gasteiger partial charge is 0.152 e. The number of aliphatic hydroxyl groups is 1. The van der Waals surface area contributed by atoms with Crippen molar-refractivity contribution in [3.63, 3.8) is 0 Å². The predicted octanol–water partition coefficient (Wildman–Crippen LogP) is 5.24. The van der Waals surface area contributed by atoms with E-state index in [1.807, 2.05) is 46.5 Å². The molecule has 8 nitrogen and oxygen atoms in total. The average Bonchev–Trinajstić information content (AvgIpc) is 3.56. The van der Waals surface area contributed by atoms with Crippen LogP contribution in [0.25, 0.3) is 31.8 Å². The van der Waals surface area contributed by atoms with Gasteiger partial charge in [-0.15, -0.1) is 22.7 Å². The minimum absolute atomic E-state index is 0.324. The molecule has 0 saturated heterocycles. The molecular formula is C25H27N5O3S2. The van der Waals surface area contributed by atoms with E-state index in [0.29, 0.717) is 54.8 Å². The van der Waals surface area contributed by atoms with E-state index in [9.17, 15) is 5.11 Å². The molecule has 0 aliphatic carbocycles. The van der Waals surface area contributed by atoms with Crippen molar-refractivity contribution in [2.75, 3.05) is 12.3 Å². The SMILES string of the molecule is CCOCc1nc2c(N)nc3cc(OCc4csc(-c5cccs5)n4)ccc3c2n1CC(C)(C)O. The number of hydrogen-bond donors (Lipinski definition) is 2. The maximum absolute atomic E-state index is 10.6. The van der Waals surface area contributed by atoms with Gasteiger partial charge in [-0.05, 0) is 44.4 Å². The molecule has 4 aromatic heterocycles. The molecule has 0 aliphatic rings. The summed E-state index contributed by atoms with van der Waals surface area (Å²) >= 11 is 3.29. The average molecular weight is 510 g/mol. The topological polar surface area (TPSA) is 108 Å². The number of hydrogen-bond acceptors (Lipinski definition) is 9. The molecule has 0 unspecified atom stereocenters. The van der Waals surface area contributed by atoms with E-state index in [2.05, 4.69) is 16.0 Å². The number of benzene rings is 1. The minimum atomic E-state index is -0.947. The first kappa shape index (κ1) is 23.7. The Morgan fingerprint density at radius 3 is 2.71 bits per heavy atom. The van der Waals surface area contributed by atoms with E-state index in [0.717, 1.165) is 26.5 Å². The van der Waals surface area contributed by atoms with Crippen LogP contribution < -0.4 is 10.5 Å². The van der Waals surface area contributed by atoms with Crippen molar-refractivity contribution < 1.29 is 14.6 Å². The highest BCUT2D eigenvalue weighted by molar-refractivity contribution is 7.20. The Bertz CT molecular complexity index is 1470. The quantitative estimate of drug-likeness (QED) is 0.280. The normalized spacial score (nSPS) is 12.1. The Morgan fingerprint density at radius 1 is 1.11 bits per heavy atom. The van der Waals surface area contributed by atoms with Crippen molar-refractivity contribution >= 4 is 50.4 Å². The highest BCUT2D eigenvalue weighted by atomic mass is 32.1. The van der Waals surface area contributed by atoms with E-state index in [-0.39, 0.29) is 0 Å². The van der Waals surface area contributed by atoms with Crippen LogP contribution >= 0.6 is 22.7 Å². The monoisotopic (exact) mass is 509 g/mol. The van der Waals surface area contributed by atoms with Gasteiger partial charge < -0.3 is 24.9 Å². The summed E-state index contributed by atoms with van der Waals surface area (Å²) in [5.41, 5.74) is 8.39. The van der Waals surface area contributed by atoms with Crippen molar-refractivity contribution in [1.82, 2.24) is 19.5 Å². The summed E-state index contributed by atoms with van der Waals surface area (Å²) in [6.07, 6.45) is 0. The number of ether oxygens (including phenoxy) is 2. The zero-order chi connectivity index (χ0) is 24.6. The summed E-state index contributed by atoms with van der Waals surface area (Å²) in [4.78, 5) is 15.1. The molecule has 182 valence electrons. The largest absolute Gasteiger partial charge is 0.487 e. The number of imidazole rings is 1. The molecule has 10 heteroatoms. The van der Waals surface area contributed by atoms with Crippen molar-refractivity contribution in [2.24, 2.45) is 0 Å². The number of rotatable bonds is 9. The Labute approximate surface area is 211 Å². The van der Waals surface area contributed by atoms with E-state index in [4.69, 9.17) is 20.2 Å². The summed E-state index contributed by atoms with van der Waals surface area (Å²) in [6.45, 7) is 7.07. The molecule has 35 heavy (non-hydrogen) atoms. The van der Waals surface area contributed by atoms with Gasteiger partial charge in [0.1, 0.15) is 35.3 Å². The molecular weight excluding hydrogens is 482 g/mol. The molecule has 0 radical (unpaired) electrons. The number of thiazole rings is 1. The Hall–Kier alpha value is -3.05. The van der Waals surface area contributed by atoms with Crippen molar-refractivity contribution in [3.8, 4) is 15.6 Å². The Kier molecular flexibility index (Phi) is 6.45. The van der Waals surface area contributed by atoms with E-state index in [1.165, 1.54) is 0 Å². The van der Waals surface area contributed by atoms with Gasteiger partial charge in [0, 0.05) is 23.4 Å². The predicted molar refractivity (Wildman–Crippen MR) is 141 cm³/mol. The van der Waals surface area contributed by atoms with Crippen molar-refractivity contribution in [3.05, 3.63) is 52.6 Å². The number of thiophene rings is 1. The van der Waals surface area contributed by atoms with Gasteiger partial charge in [0.2, 0.25) is 0 Å². The van der Waals surface area contributed by atoms with Crippen LogP contribution in [0.15, 0.2) is 41.1 Å². The van der Waals surface area contributed by atoms with Gasteiger partial charge in [-0.2, -0.15) is 0 Å². The lowest BCUT2D eigenvalue weighted by atomic mass is 10.1. The summed E-state index contributed by atoms with van der Waals surface area (Å²) in [7, 11) is 0. The molecule has 0 fully saturated rings. The van der Waals surface area contributed by atoms with Crippen LogP contribution in [0.1, 0.15) is 32.3 Å². The van der Waals surface area contributed by atoms with E-state index < -0.39 is 5.60 Å². The lowest BCUT2D eigenvalue weighted by Gasteiger charge is -2.20. The summed E-state index contributed by atoms with van der Waals surface area (Å²) in [5.74, 6) is 1.71. The Balaban J connectivity index is 1.48. The molecule has 0 aliphatic heterocycles. The molecule has 0 amide bonds. The first-order valence-electron chi connectivity index (χ1n) is 11.3. The van der Waals surface area contributed by atoms with E-state index >= 15 is 0 Å². The highest BCUT2D eigenvalue weighted by Crippen LogP contribution is 2.33. The van der Waals surface area contributed by atoms with Crippen molar-refractivity contribution in [1.29, 1.82) is 0 Å². The van der Waals surface area contributed by atoms with Crippen LogP contribution in [-0.4, -0.2) is 36.8 Å². The summed E-state index contributed by atoms with van der Waals surface area (Å²) < 4.78 is 13.6. The van der Waals surface area contributed by atoms with Gasteiger partial charge in [-0.1, -0.05) is 6.07 Å². The van der Waals surface area contributed by atoms with Crippen molar-refractivity contribution in [2.45, 2.75) is 46.1 Å². The van der Waals surface area contributed by atoms with Gasteiger partial charge in [0.15, 0.2) is 5.82 Å². The summed E-state index contributed by atoms with van der Waals surface area (Å²) in [5, 5.41) is 16.5. The maximum atomic E-state index is 10.6. The van der Waals surface area contributed by atoms with Crippen LogP contribution in [0.3, 0.4) is 0 Å². The number of anilines is 1. The van der Waals surface area contributed by atoms with Gasteiger partial charge in [0.05, 0.1) is 33.8 Å². The van der Waals surface area contributed by atoms with Gasteiger partial charge in [-0.3, -0.25) is 0 Å². The van der Waals surface area contributed by atoms with Gasteiger partial charge in [-0.25, -0.2) is 15.0 Å².